The van der Waals surface area contributed by atoms with Crippen LogP contribution in [0, 0.1) is 0 Å². The lowest BCUT2D eigenvalue weighted by molar-refractivity contribution is -0.0963. The second-order valence-corrected chi connectivity index (χ2v) is 5.88. The van der Waals surface area contributed by atoms with E-state index in [0.717, 1.165) is 34.7 Å². The summed E-state index contributed by atoms with van der Waals surface area (Å²) in [4.78, 5) is 2.20. The van der Waals surface area contributed by atoms with Crippen molar-refractivity contribution < 1.29 is 9.47 Å². The van der Waals surface area contributed by atoms with Gasteiger partial charge < -0.3 is 9.47 Å². The molecular formula is C15H20ClN3O2. The normalized spacial score (nSPS) is 19.5. The quantitative estimate of drug-likeness (QED) is 0.867. The first-order valence-corrected chi connectivity index (χ1v) is 7.51. The van der Waals surface area contributed by atoms with Gasteiger partial charge in [0.2, 0.25) is 0 Å². The van der Waals surface area contributed by atoms with Crippen LogP contribution in [0.5, 0.6) is 0 Å². The van der Waals surface area contributed by atoms with Crippen LogP contribution in [-0.2, 0) is 23.1 Å². The lowest BCUT2D eigenvalue weighted by Gasteiger charge is -2.27. The highest BCUT2D eigenvalue weighted by Gasteiger charge is 2.18. The van der Waals surface area contributed by atoms with Crippen LogP contribution in [0.25, 0.3) is 10.9 Å². The molecule has 1 aromatic heterocycles. The smallest absolute Gasteiger partial charge is 0.0936 e. The van der Waals surface area contributed by atoms with Crippen molar-refractivity contribution in [2.45, 2.75) is 12.6 Å². The number of halogens is 1. The van der Waals surface area contributed by atoms with E-state index in [1.807, 2.05) is 29.9 Å². The maximum atomic E-state index is 6.33. The fraction of sp³-hybridized carbons (Fsp3) is 0.533. The molecule has 21 heavy (non-hydrogen) atoms. The van der Waals surface area contributed by atoms with Gasteiger partial charge in [0, 0.05) is 25.5 Å². The summed E-state index contributed by atoms with van der Waals surface area (Å²) in [5.74, 6) is 0. The first-order chi connectivity index (χ1) is 10.1. The van der Waals surface area contributed by atoms with Crippen LogP contribution in [0.3, 0.4) is 0 Å². The van der Waals surface area contributed by atoms with Crippen molar-refractivity contribution in [1.82, 2.24) is 14.7 Å². The molecule has 1 aliphatic heterocycles. The SMILES string of the molecule is CN(Cc1nn(C)c2cccc(Cl)c12)C[C@@H]1COCCO1. The van der Waals surface area contributed by atoms with Gasteiger partial charge in [-0.2, -0.15) is 5.10 Å². The zero-order valence-electron chi connectivity index (χ0n) is 12.4. The molecule has 3 rings (SSSR count). The van der Waals surface area contributed by atoms with Crippen LogP contribution >= 0.6 is 11.6 Å². The van der Waals surface area contributed by atoms with Gasteiger partial charge in [-0.25, -0.2) is 0 Å². The van der Waals surface area contributed by atoms with Gasteiger partial charge >= 0.3 is 0 Å². The Hall–Kier alpha value is -1.14. The summed E-state index contributed by atoms with van der Waals surface area (Å²) in [5.41, 5.74) is 2.06. The second-order valence-electron chi connectivity index (χ2n) is 5.47. The van der Waals surface area contributed by atoms with E-state index >= 15 is 0 Å². The second kappa shape index (κ2) is 6.32. The van der Waals surface area contributed by atoms with Crippen LogP contribution in [0.2, 0.25) is 5.02 Å². The fourth-order valence-electron chi connectivity index (χ4n) is 2.77. The lowest BCUT2D eigenvalue weighted by atomic mass is 10.2. The zero-order chi connectivity index (χ0) is 14.8. The van der Waals surface area contributed by atoms with Gasteiger partial charge in [-0.15, -0.1) is 0 Å². The van der Waals surface area contributed by atoms with Gasteiger partial charge in [0.25, 0.3) is 0 Å². The number of likely N-dealkylation sites (N-methyl/N-ethyl adjacent to an activating group) is 1. The number of hydrogen-bond acceptors (Lipinski definition) is 4. The third kappa shape index (κ3) is 3.21. The highest BCUT2D eigenvalue weighted by molar-refractivity contribution is 6.35. The van der Waals surface area contributed by atoms with Crippen molar-refractivity contribution >= 4 is 22.5 Å². The molecule has 5 nitrogen and oxygen atoms in total. The predicted molar refractivity (Wildman–Crippen MR) is 82.6 cm³/mol. The molecule has 0 aliphatic carbocycles. The fourth-order valence-corrected chi connectivity index (χ4v) is 3.05. The van der Waals surface area contributed by atoms with Crippen molar-refractivity contribution in [2.24, 2.45) is 7.05 Å². The van der Waals surface area contributed by atoms with E-state index in [9.17, 15) is 0 Å². The number of aryl methyl sites for hydroxylation is 1. The van der Waals surface area contributed by atoms with Crippen LogP contribution in [0.15, 0.2) is 18.2 Å². The van der Waals surface area contributed by atoms with Crippen LogP contribution < -0.4 is 0 Å². The van der Waals surface area contributed by atoms with Crippen LogP contribution in [-0.4, -0.2) is 54.2 Å². The highest BCUT2D eigenvalue weighted by Crippen LogP contribution is 2.27. The molecule has 0 unspecified atom stereocenters. The number of fused-ring (bicyclic) bond motifs is 1. The third-order valence-corrected chi connectivity index (χ3v) is 4.03. The molecule has 2 aromatic rings. The standard InChI is InChI=1S/C15H20ClN3O2/c1-18(8-11-10-20-6-7-21-11)9-13-15-12(16)4-3-5-14(15)19(2)17-13/h3-5,11H,6-10H2,1-2H3/t11-/m1/s1. The van der Waals surface area contributed by atoms with E-state index < -0.39 is 0 Å². The minimum absolute atomic E-state index is 0.134. The number of aromatic nitrogens is 2. The van der Waals surface area contributed by atoms with E-state index in [-0.39, 0.29) is 6.10 Å². The zero-order valence-corrected chi connectivity index (χ0v) is 13.1. The first kappa shape index (κ1) is 14.8. The van der Waals surface area contributed by atoms with E-state index in [1.165, 1.54) is 0 Å². The Kier molecular flexibility index (Phi) is 4.45. The average molecular weight is 310 g/mol. The molecule has 1 fully saturated rings. The molecular weight excluding hydrogens is 290 g/mol. The van der Waals surface area contributed by atoms with Gasteiger partial charge in [-0.05, 0) is 19.2 Å². The Morgan fingerprint density at radius 2 is 2.29 bits per heavy atom. The lowest BCUT2D eigenvalue weighted by Crippen LogP contribution is -2.38. The first-order valence-electron chi connectivity index (χ1n) is 7.13. The van der Waals surface area contributed by atoms with Gasteiger partial charge in [0.1, 0.15) is 0 Å². The maximum Gasteiger partial charge on any atom is 0.0936 e. The molecule has 1 atom stereocenters. The molecule has 0 bridgehead atoms. The topological polar surface area (TPSA) is 39.5 Å². The molecule has 0 N–H and O–H groups in total. The Labute approximate surface area is 129 Å². The molecule has 0 radical (unpaired) electrons. The van der Waals surface area contributed by atoms with E-state index in [1.54, 1.807) is 0 Å². The van der Waals surface area contributed by atoms with Crippen molar-refractivity contribution in [3.05, 3.63) is 28.9 Å². The maximum absolute atomic E-state index is 6.33. The number of hydrogen-bond donors (Lipinski definition) is 0. The molecule has 2 heterocycles. The molecule has 0 saturated carbocycles. The third-order valence-electron chi connectivity index (χ3n) is 3.72. The largest absolute Gasteiger partial charge is 0.376 e. The number of benzene rings is 1. The summed E-state index contributed by atoms with van der Waals surface area (Å²) in [7, 11) is 4.01. The van der Waals surface area contributed by atoms with Gasteiger partial charge in [0.05, 0.1) is 42.2 Å². The number of rotatable bonds is 4. The number of ether oxygens (including phenoxy) is 2. The summed E-state index contributed by atoms with van der Waals surface area (Å²) in [6.07, 6.45) is 0.134. The van der Waals surface area contributed by atoms with Crippen molar-refractivity contribution in [1.29, 1.82) is 0 Å². The van der Waals surface area contributed by atoms with Crippen molar-refractivity contribution in [3.8, 4) is 0 Å². The summed E-state index contributed by atoms with van der Waals surface area (Å²) in [6, 6.07) is 5.90. The number of nitrogens with zero attached hydrogens (tertiary/aromatic N) is 3. The summed E-state index contributed by atoms with van der Waals surface area (Å²) >= 11 is 6.33. The molecule has 114 valence electrons. The molecule has 1 aromatic carbocycles. The molecule has 1 saturated heterocycles. The van der Waals surface area contributed by atoms with Crippen LogP contribution in [0.4, 0.5) is 0 Å². The Bertz CT molecular complexity index is 623. The van der Waals surface area contributed by atoms with E-state index in [0.29, 0.717) is 19.8 Å². The Balaban J connectivity index is 1.75. The summed E-state index contributed by atoms with van der Waals surface area (Å²) in [5, 5.41) is 6.39. The molecule has 0 amide bonds. The monoisotopic (exact) mass is 309 g/mol. The van der Waals surface area contributed by atoms with Gasteiger partial charge in [-0.3, -0.25) is 9.58 Å². The van der Waals surface area contributed by atoms with Crippen molar-refractivity contribution in [2.75, 3.05) is 33.4 Å². The Morgan fingerprint density at radius 1 is 1.43 bits per heavy atom. The van der Waals surface area contributed by atoms with E-state index in [4.69, 9.17) is 21.1 Å². The summed E-state index contributed by atoms with van der Waals surface area (Å²) < 4.78 is 13.0. The van der Waals surface area contributed by atoms with E-state index in [2.05, 4.69) is 17.0 Å². The van der Waals surface area contributed by atoms with Crippen LogP contribution in [0.1, 0.15) is 5.69 Å². The molecule has 1 aliphatic rings. The molecule has 0 spiro atoms. The minimum atomic E-state index is 0.134. The van der Waals surface area contributed by atoms with Gasteiger partial charge in [0.15, 0.2) is 0 Å². The minimum Gasteiger partial charge on any atom is -0.376 e. The summed E-state index contributed by atoms with van der Waals surface area (Å²) in [6.45, 7) is 3.59. The highest BCUT2D eigenvalue weighted by atomic mass is 35.5. The van der Waals surface area contributed by atoms with Crippen molar-refractivity contribution in [3.63, 3.8) is 0 Å². The predicted octanol–water partition coefficient (Wildman–Crippen LogP) is 2.07. The Morgan fingerprint density at radius 3 is 3.05 bits per heavy atom. The molecule has 6 heteroatoms. The van der Waals surface area contributed by atoms with Gasteiger partial charge in [-0.1, -0.05) is 17.7 Å². The average Bonchev–Trinajstić information content (AvgIpc) is 2.77.